The van der Waals surface area contributed by atoms with Crippen molar-refractivity contribution in [2.75, 3.05) is 6.61 Å². The maximum Gasteiger partial charge on any atom is 0.213 e. The van der Waals surface area contributed by atoms with Crippen LogP contribution in [0.5, 0.6) is 0 Å². The second-order valence-electron chi connectivity index (χ2n) is 4.96. The molecule has 3 nitrogen and oxygen atoms in total. The fraction of sp³-hybridized carbons (Fsp3) is 0.833. The maximum absolute atomic E-state index is 6.20. The minimum Gasteiger partial charge on any atom is -0.353 e. The second kappa shape index (κ2) is 5.11. The summed E-state index contributed by atoms with van der Waals surface area (Å²) in [5.41, 5.74) is 0. The van der Waals surface area contributed by atoms with Crippen molar-refractivity contribution in [3.8, 4) is 0 Å². The van der Waals surface area contributed by atoms with Crippen LogP contribution in [0.15, 0.2) is 12.2 Å². The van der Waals surface area contributed by atoms with Crippen LogP contribution < -0.4 is 0 Å². The predicted octanol–water partition coefficient (Wildman–Crippen LogP) is 4.04. The summed E-state index contributed by atoms with van der Waals surface area (Å²) in [6.07, 6.45) is 8.39. The first-order valence-electron chi connectivity index (χ1n) is 6.23. The van der Waals surface area contributed by atoms with Crippen LogP contribution in [0.3, 0.4) is 0 Å². The van der Waals surface area contributed by atoms with Crippen molar-refractivity contribution in [2.24, 2.45) is 5.92 Å². The van der Waals surface area contributed by atoms with E-state index in [1.165, 1.54) is 0 Å². The normalized spacial score (nSPS) is 43.6. The number of ether oxygens (including phenoxy) is 3. The molecule has 0 amide bonds. The highest BCUT2D eigenvalue weighted by molar-refractivity contribution is 9.39. The Kier molecular flexibility index (Phi) is 3.98. The van der Waals surface area contributed by atoms with Crippen LogP contribution in [0.2, 0.25) is 0 Å². The Bertz CT molecular complexity index is 349. The fourth-order valence-corrected chi connectivity index (χ4v) is 4.25. The van der Waals surface area contributed by atoms with E-state index in [0.29, 0.717) is 0 Å². The zero-order valence-corrected chi connectivity index (χ0v) is 14.5. The Morgan fingerprint density at radius 3 is 2.56 bits per heavy atom. The third-order valence-electron chi connectivity index (χ3n) is 3.70. The van der Waals surface area contributed by atoms with Crippen molar-refractivity contribution in [1.29, 1.82) is 0 Å². The van der Waals surface area contributed by atoms with Gasteiger partial charge in [0.15, 0.2) is 8.43 Å². The monoisotopic (exact) mass is 444 g/mol. The molecule has 0 aromatic carbocycles. The molecule has 4 atom stereocenters. The van der Waals surface area contributed by atoms with E-state index in [0.717, 1.165) is 32.3 Å². The van der Waals surface area contributed by atoms with Gasteiger partial charge in [-0.15, -0.1) is 0 Å². The number of alkyl halides is 3. The van der Waals surface area contributed by atoms with E-state index >= 15 is 0 Å². The fourth-order valence-electron chi connectivity index (χ4n) is 2.81. The topological polar surface area (TPSA) is 27.7 Å². The summed E-state index contributed by atoms with van der Waals surface area (Å²) in [6, 6.07) is 0. The molecule has 2 fully saturated rings. The Morgan fingerprint density at radius 2 is 2.06 bits per heavy atom. The minimum absolute atomic E-state index is 0.144. The van der Waals surface area contributed by atoms with E-state index in [9.17, 15) is 0 Å². The number of halogens is 3. The van der Waals surface area contributed by atoms with Gasteiger partial charge in [0.25, 0.3) is 0 Å². The van der Waals surface area contributed by atoms with E-state index in [1.54, 1.807) is 0 Å². The molecule has 0 saturated carbocycles. The molecule has 0 radical (unpaired) electrons. The van der Waals surface area contributed by atoms with Crippen molar-refractivity contribution in [2.45, 2.75) is 46.0 Å². The summed E-state index contributed by atoms with van der Waals surface area (Å²) < 4.78 is 17.4. The molecular weight excluding hydrogens is 432 g/mol. The van der Waals surface area contributed by atoms with E-state index in [1.807, 2.05) is 0 Å². The highest BCUT2D eigenvalue weighted by Crippen LogP contribution is 2.58. The zero-order valence-electron chi connectivity index (χ0n) is 9.78. The smallest absolute Gasteiger partial charge is 0.213 e. The summed E-state index contributed by atoms with van der Waals surface area (Å²) in [6.45, 7) is 0.768. The minimum atomic E-state index is -0.756. The second-order valence-corrected chi connectivity index (χ2v) is 11.7. The highest BCUT2D eigenvalue weighted by atomic mass is 80.0. The molecule has 0 spiro atoms. The van der Waals surface area contributed by atoms with Crippen LogP contribution in [0.25, 0.3) is 0 Å². The Balaban J connectivity index is 1.80. The Morgan fingerprint density at radius 1 is 1.22 bits per heavy atom. The lowest BCUT2D eigenvalue weighted by molar-refractivity contribution is -0.311. The van der Waals surface area contributed by atoms with Crippen LogP contribution in [0.1, 0.15) is 25.7 Å². The van der Waals surface area contributed by atoms with Crippen molar-refractivity contribution in [1.82, 2.24) is 0 Å². The van der Waals surface area contributed by atoms with Gasteiger partial charge in [0.05, 0.1) is 6.10 Å². The van der Waals surface area contributed by atoms with Crippen LogP contribution >= 0.6 is 47.8 Å². The van der Waals surface area contributed by atoms with Crippen LogP contribution in [0.4, 0.5) is 0 Å². The summed E-state index contributed by atoms with van der Waals surface area (Å²) in [5.74, 6) is -0.528. The van der Waals surface area contributed by atoms with Gasteiger partial charge in [-0.05, 0) is 25.7 Å². The van der Waals surface area contributed by atoms with Gasteiger partial charge in [-0.1, -0.05) is 59.9 Å². The van der Waals surface area contributed by atoms with Gasteiger partial charge < -0.3 is 14.2 Å². The van der Waals surface area contributed by atoms with Gasteiger partial charge in [0.1, 0.15) is 0 Å². The summed E-state index contributed by atoms with van der Waals surface area (Å²) in [4.78, 5) is 0. The molecule has 102 valence electrons. The third kappa shape index (κ3) is 2.37. The van der Waals surface area contributed by atoms with Crippen molar-refractivity contribution >= 4 is 47.8 Å². The van der Waals surface area contributed by atoms with Crippen molar-refractivity contribution in [3.63, 3.8) is 0 Å². The number of fused-ring (bicyclic) bond motifs is 2. The van der Waals surface area contributed by atoms with E-state index in [4.69, 9.17) is 14.2 Å². The third-order valence-corrected chi connectivity index (χ3v) is 5.36. The van der Waals surface area contributed by atoms with Crippen LogP contribution in [0, 0.1) is 5.92 Å². The predicted molar refractivity (Wildman–Crippen MR) is 79.0 cm³/mol. The maximum atomic E-state index is 6.20. The molecule has 2 aliphatic heterocycles. The molecule has 2 heterocycles. The first kappa shape index (κ1) is 14.0. The lowest BCUT2D eigenvalue weighted by atomic mass is 10.0. The van der Waals surface area contributed by atoms with Gasteiger partial charge in [-0.25, -0.2) is 0 Å². The molecule has 2 bridgehead atoms. The number of rotatable bonds is 2. The zero-order chi connectivity index (χ0) is 12.8. The van der Waals surface area contributed by atoms with Crippen LogP contribution in [-0.2, 0) is 14.2 Å². The summed E-state index contributed by atoms with van der Waals surface area (Å²) in [5, 5.41) is 0. The lowest BCUT2D eigenvalue weighted by Gasteiger charge is -2.43. The standard InChI is InChI=1S/C12H15Br3O3/c13-12(14,15)11(8-4-5-9(7-8)17-11)18-10-3-1-2-6-16-10/h4-5,8-10H,1-3,6-7H2. The average molecular weight is 447 g/mol. The van der Waals surface area contributed by atoms with Gasteiger partial charge in [-0.3, -0.25) is 0 Å². The summed E-state index contributed by atoms with van der Waals surface area (Å²) >= 11 is 10.8. The Labute approximate surface area is 132 Å². The molecule has 0 aromatic heterocycles. The lowest BCUT2D eigenvalue weighted by Crippen LogP contribution is -2.53. The largest absolute Gasteiger partial charge is 0.353 e. The van der Waals surface area contributed by atoms with Gasteiger partial charge in [0.2, 0.25) is 5.79 Å². The molecule has 1 aliphatic carbocycles. The average Bonchev–Trinajstić information content (AvgIpc) is 2.90. The number of hydrogen-bond donors (Lipinski definition) is 0. The highest BCUT2D eigenvalue weighted by Gasteiger charge is 2.62. The first-order valence-corrected chi connectivity index (χ1v) is 8.61. The molecule has 6 heteroatoms. The van der Waals surface area contributed by atoms with E-state index in [2.05, 4.69) is 59.9 Å². The quantitative estimate of drug-likeness (QED) is 0.473. The molecule has 4 unspecified atom stereocenters. The molecule has 18 heavy (non-hydrogen) atoms. The summed E-state index contributed by atoms with van der Waals surface area (Å²) in [7, 11) is 0. The van der Waals surface area contributed by atoms with Crippen molar-refractivity contribution < 1.29 is 14.2 Å². The van der Waals surface area contributed by atoms with E-state index in [-0.39, 0.29) is 18.3 Å². The van der Waals surface area contributed by atoms with Gasteiger partial charge in [-0.2, -0.15) is 0 Å². The number of hydrogen-bond acceptors (Lipinski definition) is 3. The molecule has 2 saturated heterocycles. The SMILES string of the molecule is BrC(Br)(Br)C1(OC2CCCCO2)OC2C=CC1C2. The molecular formula is C12H15Br3O3. The Hall–Kier alpha value is 1.06. The molecule has 3 aliphatic rings. The van der Waals surface area contributed by atoms with Crippen LogP contribution in [-0.4, -0.2) is 26.9 Å². The van der Waals surface area contributed by atoms with Gasteiger partial charge in [0, 0.05) is 12.5 Å². The molecule has 3 rings (SSSR count). The molecule has 0 aromatic rings. The molecule has 0 N–H and O–H groups in total. The van der Waals surface area contributed by atoms with Gasteiger partial charge >= 0.3 is 0 Å². The first-order chi connectivity index (χ1) is 8.51. The van der Waals surface area contributed by atoms with Crippen molar-refractivity contribution in [3.05, 3.63) is 12.2 Å². The van der Waals surface area contributed by atoms with E-state index < -0.39 is 7.93 Å².